The number of carbonyl (C=O) groups is 1. The van der Waals surface area contributed by atoms with E-state index in [9.17, 15) is 4.79 Å². The molecule has 0 radical (unpaired) electrons. The van der Waals surface area contributed by atoms with E-state index in [1.54, 1.807) is 22.5 Å². The first kappa shape index (κ1) is 17.7. The van der Waals surface area contributed by atoms with Crippen molar-refractivity contribution in [1.82, 2.24) is 9.88 Å². The summed E-state index contributed by atoms with van der Waals surface area (Å²) in [6.07, 6.45) is 3.00. The van der Waals surface area contributed by atoms with Gasteiger partial charge in [-0.05, 0) is 37.1 Å². The van der Waals surface area contributed by atoms with Crippen LogP contribution in [0, 0.1) is 0 Å². The molecule has 27 heavy (non-hydrogen) atoms. The second kappa shape index (κ2) is 7.16. The number of fused-ring (bicyclic) bond motifs is 2. The number of amides is 1. The molecule has 4 nitrogen and oxygen atoms in total. The third kappa shape index (κ3) is 3.35. The van der Waals surface area contributed by atoms with E-state index in [-0.39, 0.29) is 11.9 Å². The van der Waals surface area contributed by atoms with Crippen LogP contribution in [0.5, 0.6) is 0 Å². The van der Waals surface area contributed by atoms with Gasteiger partial charge in [-0.1, -0.05) is 31.2 Å². The number of carbonyl (C=O) groups excluding carboxylic acids is 1. The molecule has 2 heterocycles. The first-order chi connectivity index (χ1) is 13.1. The molecule has 2 aromatic carbocycles. The van der Waals surface area contributed by atoms with Crippen molar-refractivity contribution < 1.29 is 9.21 Å². The average molecular weight is 378 g/mol. The normalized spacial score (nSPS) is 12.6. The average Bonchev–Trinajstić information content (AvgIpc) is 3.30. The van der Waals surface area contributed by atoms with Gasteiger partial charge < -0.3 is 9.32 Å². The number of benzene rings is 2. The molecule has 4 rings (SSSR count). The summed E-state index contributed by atoms with van der Waals surface area (Å²) >= 11 is 1.64. The molecule has 0 aliphatic heterocycles. The zero-order valence-corrected chi connectivity index (χ0v) is 16.5. The lowest BCUT2D eigenvalue weighted by atomic mass is 10.1. The Labute approximate surface area is 162 Å². The number of para-hydroxylation sites is 1. The summed E-state index contributed by atoms with van der Waals surface area (Å²) in [5, 5.41) is 1.97. The van der Waals surface area contributed by atoms with E-state index in [4.69, 9.17) is 4.42 Å². The van der Waals surface area contributed by atoms with E-state index >= 15 is 0 Å². The van der Waals surface area contributed by atoms with Crippen LogP contribution in [0.1, 0.15) is 36.0 Å². The van der Waals surface area contributed by atoms with Gasteiger partial charge in [0.25, 0.3) is 0 Å². The summed E-state index contributed by atoms with van der Waals surface area (Å²) in [5.74, 6) is 0.0593. The molecule has 0 N–H and O–H groups in total. The van der Waals surface area contributed by atoms with Crippen molar-refractivity contribution in [2.24, 2.45) is 0 Å². The van der Waals surface area contributed by atoms with E-state index in [1.807, 2.05) is 32.2 Å². The van der Waals surface area contributed by atoms with Crippen molar-refractivity contribution in [2.75, 3.05) is 7.05 Å². The number of furan rings is 1. The van der Waals surface area contributed by atoms with Crippen LogP contribution in [0.25, 0.3) is 21.2 Å². The van der Waals surface area contributed by atoms with Gasteiger partial charge in [-0.25, -0.2) is 4.98 Å². The van der Waals surface area contributed by atoms with Crippen LogP contribution in [0.3, 0.4) is 0 Å². The molecule has 1 atom stereocenters. The molecule has 0 aliphatic carbocycles. The summed E-state index contributed by atoms with van der Waals surface area (Å²) < 4.78 is 6.82. The number of aromatic nitrogens is 1. The highest BCUT2D eigenvalue weighted by atomic mass is 32.1. The maximum absolute atomic E-state index is 12.9. The summed E-state index contributed by atoms with van der Waals surface area (Å²) in [7, 11) is 1.84. The largest absolute Gasteiger partial charge is 0.464 e. The topological polar surface area (TPSA) is 46.3 Å². The molecule has 138 valence electrons. The minimum absolute atomic E-state index is 0.0593. The quantitative estimate of drug-likeness (QED) is 0.469. The molecule has 0 unspecified atom stereocenters. The lowest BCUT2D eigenvalue weighted by Gasteiger charge is -2.23. The van der Waals surface area contributed by atoms with Crippen molar-refractivity contribution >= 4 is 38.4 Å². The van der Waals surface area contributed by atoms with E-state index in [2.05, 4.69) is 36.2 Å². The van der Waals surface area contributed by atoms with Crippen LogP contribution in [-0.2, 0) is 17.6 Å². The summed E-state index contributed by atoms with van der Waals surface area (Å²) in [6.45, 7) is 4.14. The highest BCUT2D eigenvalue weighted by Crippen LogP contribution is 2.30. The molecule has 5 heteroatoms. The van der Waals surface area contributed by atoms with Crippen LogP contribution < -0.4 is 0 Å². The predicted molar refractivity (Wildman–Crippen MR) is 110 cm³/mol. The molecule has 0 fully saturated rings. The van der Waals surface area contributed by atoms with Crippen LogP contribution in [-0.4, -0.2) is 22.8 Å². The fraction of sp³-hybridized carbons (Fsp3) is 0.273. The number of thiazole rings is 1. The van der Waals surface area contributed by atoms with Crippen LogP contribution in [0.2, 0.25) is 0 Å². The van der Waals surface area contributed by atoms with Crippen molar-refractivity contribution in [3.05, 3.63) is 64.9 Å². The summed E-state index contributed by atoms with van der Waals surface area (Å²) in [5.41, 5.74) is 3.99. The Hall–Kier alpha value is -2.66. The Morgan fingerprint density at radius 1 is 1.26 bits per heavy atom. The number of hydrogen-bond donors (Lipinski definition) is 0. The highest BCUT2D eigenvalue weighted by molar-refractivity contribution is 7.18. The zero-order valence-electron chi connectivity index (χ0n) is 15.7. The fourth-order valence-electron chi connectivity index (χ4n) is 3.22. The van der Waals surface area contributed by atoms with Crippen molar-refractivity contribution in [3.63, 3.8) is 0 Å². The number of likely N-dealkylation sites (N-methyl/N-ethyl adjacent to an activating group) is 1. The third-order valence-corrected chi connectivity index (χ3v) is 6.32. The van der Waals surface area contributed by atoms with E-state index in [1.165, 1.54) is 5.56 Å². The van der Waals surface area contributed by atoms with Gasteiger partial charge in [0.15, 0.2) is 0 Å². The number of nitrogens with zero attached hydrogens (tertiary/aromatic N) is 2. The van der Waals surface area contributed by atoms with E-state index in [0.29, 0.717) is 6.42 Å². The minimum Gasteiger partial charge on any atom is -0.464 e. The molecule has 4 aromatic rings. The summed E-state index contributed by atoms with van der Waals surface area (Å²) in [6, 6.07) is 14.2. The predicted octanol–water partition coefficient (Wildman–Crippen LogP) is 5.37. The molecule has 0 saturated carbocycles. The van der Waals surface area contributed by atoms with E-state index < -0.39 is 0 Å². The van der Waals surface area contributed by atoms with E-state index in [0.717, 1.165) is 38.2 Å². The van der Waals surface area contributed by atoms with Gasteiger partial charge >= 0.3 is 0 Å². The Morgan fingerprint density at radius 2 is 2.07 bits per heavy atom. The Bertz CT molecular complexity index is 1080. The molecule has 1 amide bonds. The zero-order chi connectivity index (χ0) is 19.0. The molecular weight excluding hydrogens is 356 g/mol. The van der Waals surface area contributed by atoms with Gasteiger partial charge in [-0.3, -0.25) is 4.79 Å². The molecule has 0 saturated heterocycles. The molecule has 0 bridgehead atoms. The summed E-state index contributed by atoms with van der Waals surface area (Å²) in [4.78, 5) is 19.3. The van der Waals surface area contributed by atoms with Gasteiger partial charge in [-0.2, -0.15) is 0 Å². The van der Waals surface area contributed by atoms with Gasteiger partial charge in [0, 0.05) is 18.0 Å². The van der Waals surface area contributed by atoms with Crippen LogP contribution in [0.15, 0.2) is 53.1 Å². The lowest BCUT2D eigenvalue weighted by Crippen LogP contribution is -2.30. The first-order valence-electron chi connectivity index (χ1n) is 9.17. The Morgan fingerprint density at radius 3 is 2.85 bits per heavy atom. The lowest BCUT2D eigenvalue weighted by molar-refractivity contribution is -0.131. The van der Waals surface area contributed by atoms with Gasteiger partial charge in [0.05, 0.1) is 28.9 Å². The highest BCUT2D eigenvalue weighted by Gasteiger charge is 2.22. The second-order valence-electron chi connectivity index (χ2n) is 6.82. The smallest absolute Gasteiger partial charge is 0.227 e. The van der Waals surface area contributed by atoms with Gasteiger partial charge in [0.2, 0.25) is 5.91 Å². The monoisotopic (exact) mass is 378 g/mol. The molecule has 0 aliphatic rings. The van der Waals surface area contributed by atoms with Crippen LogP contribution in [0.4, 0.5) is 0 Å². The minimum atomic E-state index is -0.0697. The molecule has 2 aromatic heterocycles. The number of hydrogen-bond acceptors (Lipinski definition) is 4. The Kier molecular flexibility index (Phi) is 4.70. The number of aryl methyl sites for hydroxylation is 1. The molecular formula is C22H22N2O2S. The maximum atomic E-state index is 12.9. The second-order valence-corrected chi connectivity index (χ2v) is 7.88. The van der Waals surface area contributed by atoms with Crippen molar-refractivity contribution in [2.45, 2.75) is 32.7 Å². The fourth-order valence-corrected chi connectivity index (χ4v) is 4.29. The molecule has 0 spiro atoms. The van der Waals surface area contributed by atoms with Crippen LogP contribution >= 0.6 is 11.3 Å². The van der Waals surface area contributed by atoms with Gasteiger partial charge in [0.1, 0.15) is 10.6 Å². The SMILES string of the molecule is CCc1ccc2c(CC(=O)N(C)[C@H](C)c3nc4ccccc4s3)coc2c1. The van der Waals surface area contributed by atoms with Crippen molar-refractivity contribution in [1.29, 1.82) is 0 Å². The maximum Gasteiger partial charge on any atom is 0.227 e. The third-order valence-electron chi connectivity index (χ3n) is 5.11. The van der Waals surface area contributed by atoms with Crippen molar-refractivity contribution in [3.8, 4) is 0 Å². The standard InChI is InChI=1S/C22H22N2O2S/c1-4-15-9-10-17-16(13-26-19(17)11-15)12-21(25)24(3)14(2)22-23-18-7-5-6-8-20(18)27-22/h5-11,13-14H,4,12H2,1-3H3/t14-/m1/s1. The van der Waals surface area contributed by atoms with Gasteiger partial charge in [-0.15, -0.1) is 11.3 Å². The Balaban J connectivity index is 1.53. The number of rotatable bonds is 5. The first-order valence-corrected chi connectivity index (χ1v) is 9.98.